The van der Waals surface area contributed by atoms with Gasteiger partial charge in [-0.15, -0.1) is 10.2 Å². The second-order valence-electron chi connectivity index (χ2n) is 6.85. The lowest BCUT2D eigenvalue weighted by molar-refractivity contribution is -0.129. The van der Waals surface area contributed by atoms with Crippen LogP contribution in [0.15, 0.2) is 66.1 Å². The van der Waals surface area contributed by atoms with Crippen LogP contribution in [0, 0.1) is 6.92 Å². The molecule has 1 saturated carbocycles. The van der Waals surface area contributed by atoms with Crippen LogP contribution >= 0.6 is 11.8 Å². The van der Waals surface area contributed by atoms with Crippen LogP contribution in [0.4, 0.5) is 0 Å². The molecule has 27 heavy (non-hydrogen) atoms. The Balaban J connectivity index is 1.43. The Bertz CT molecular complexity index is 903. The van der Waals surface area contributed by atoms with E-state index >= 15 is 0 Å². The van der Waals surface area contributed by atoms with Gasteiger partial charge in [0.2, 0.25) is 5.91 Å². The van der Waals surface area contributed by atoms with Gasteiger partial charge in [-0.1, -0.05) is 59.8 Å². The van der Waals surface area contributed by atoms with Gasteiger partial charge in [-0.25, -0.2) is 0 Å². The summed E-state index contributed by atoms with van der Waals surface area (Å²) in [5, 5.41) is 8.96. The van der Waals surface area contributed by atoms with Crippen molar-refractivity contribution in [3.63, 3.8) is 0 Å². The molecule has 1 fully saturated rings. The highest BCUT2D eigenvalue weighted by atomic mass is 32.2. The van der Waals surface area contributed by atoms with Crippen LogP contribution in [0.25, 0.3) is 5.69 Å². The van der Waals surface area contributed by atoms with Crippen molar-refractivity contribution in [2.75, 3.05) is 5.75 Å². The quantitative estimate of drug-likeness (QED) is 0.586. The Morgan fingerprint density at radius 3 is 2.59 bits per heavy atom. The van der Waals surface area contributed by atoms with Crippen LogP contribution in [-0.2, 0) is 11.3 Å². The van der Waals surface area contributed by atoms with Gasteiger partial charge in [-0.3, -0.25) is 9.36 Å². The number of nitrogens with zero attached hydrogens (tertiary/aromatic N) is 4. The molecule has 1 amide bonds. The minimum absolute atomic E-state index is 0.157. The second-order valence-corrected chi connectivity index (χ2v) is 7.79. The van der Waals surface area contributed by atoms with Crippen molar-refractivity contribution in [3.05, 3.63) is 72.1 Å². The molecule has 3 aromatic rings. The molecular formula is C21H22N4OS. The van der Waals surface area contributed by atoms with Crippen LogP contribution in [0.1, 0.15) is 24.0 Å². The Hall–Kier alpha value is -2.60. The van der Waals surface area contributed by atoms with Gasteiger partial charge in [-0.2, -0.15) is 0 Å². The summed E-state index contributed by atoms with van der Waals surface area (Å²) >= 11 is 1.44. The Kier molecular flexibility index (Phi) is 5.25. The molecular weight excluding hydrogens is 356 g/mol. The number of aromatic nitrogens is 3. The standard InChI is InChI=1S/C21H22N4OS/c1-16-7-9-19(10-8-16)25-15-22-23-21(25)27-14-20(26)24(18-11-12-18)13-17-5-3-2-4-6-17/h2-10,15,18H,11-14H2,1H3. The lowest BCUT2D eigenvalue weighted by atomic mass is 10.2. The van der Waals surface area contributed by atoms with Crippen LogP contribution in [0.3, 0.4) is 0 Å². The van der Waals surface area contributed by atoms with Crippen LogP contribution in [0.5, 0.6) is 0 Å². The van der Waals surface area contributed by atoms with E-state index in [4.69, 9.17) is 0 Å². The van der Waals surface area contributed by atoms with Gasteiger partial charge in [0.05, 0.1) is 5.75 Å². The predicted octanol–water partition coefficient (Wildman–Crippen LogP) is 3.86. The van der Waals surface area contributed by atoms with Crippen molar-refractivity contribution in [1.82, 2.24) is 19.7 Å². The van der Waals surface area contributed by atoms with E-state index < -0.39 is 0 Å². The Morgan fingerprint density at radius 1 is 1.15 bits per heavy atom. The minimum atomic E-state index is 0.157. The molecule has 2 aromatic carbocycles. The number of aryl methyl sites for hydroxylation is 1. The molecule has 1 aliphatic rings. The molecule has 0 radical (unpaired) electrons. The highest BCUT2D eigenvalue weighted by Crippen LogP contribution is 2.30. The van der Waals surface area contributed by atoms with Gasteiger partial charge in [0.25, 0.3) is 0 Å². The number of amides is 1. The van der Waals surface area contributed by atoms with Gasteiger partial charge < -0.3 is 4.90 Å². The van der Waals surface area contributed by atoms with Gasteiger partial charge in [-0.05, 0) is 37.5 Å². The largest absolute Gasteiger partial charge is 0.335 e. The van der Waals surface area contributed by atoms with Gasteiger partial charge in [0.15, 0.2) is 5.16 Å². The summed E-state index contributed by atoms with van der Waals surface area (Å²) in [6.45, 7) is 2.74. The average Bonchev–Trinajstić information content (AvgIpc) is 3.43. The first-order valence-electron chi connectivity index (χ1n) is 9.14. The maximum Gasteiger partial charge on any atom is 0.233 e. The van der Waals surface area contributed by atoms with Crippen LogP contribution in [-0.4, -0.2) is 37.4 Å². The molecule has 0 spiro atoms. The van der Waals surface area contributed by atoms with Gasteiger partial charge in [0.1, 0.15) is 6.33 Å². The van der Waals surface area contributed by atoms with Crippen molar-refractivity contribution in [3.8, 4) is 5.69 Å². The zero-order chi connectivity index (χ0) is 18.6. The number of hydrogen-bond donors (Lipinski definition) is 0. The highest BCUT2D eigenvalue weighted by molar-refractivity contribution is 7.99. The van der Waals surface area contributed by atoms with E-state index in [1.807, 2.05) is 39.8 Å². The van der Waals surface area contributed by atoms with Crippen LogP contribution in [0.2, 0.25) is 0 Å². The predicted molar refractivity (Wildman–Crippen MR) is 107 cm³/mol. The average molecular weight is 379 g/mol. The summed E-state index contributed by atoms with van der Waals surface area (Å²) in [5.74, 6) is 0.526. The fraction of sp³-hybridized carbons (Fsp3) is 0.286. The fourth-order valence-corrected chi connectivity index (χ4v) is 3.82. The van der Waals surface area contributed by atoms with E-state index in [0.29, 0.717) is 18.3 Å². The molecule has 4 rings (SSSR count). The summed E-state index contributed by atoms with van der Waals surface area (Å²) in [7, 11) is 0. The zero-order valence-electron chi connectivity index (χ0n) is 15.3. The lowest BCUT2D eigenvalue weighted by Crippen LogP contribution is -2.34. The van der Waals surface area contributed by atoms with E-state index in [2.05, 4.69) is 41.4 Å². The Labute approximate surface area is 163 Å². The molecule has 138 valence electrons. The Morgan fingerprint density at radius 2 is 1.89 bits per heavy atom. The minimum Gasteiger partial charge on any atom is -0.335 e. The number of hydrogen-bond acceptors (Lipinski definition) is 4. The van der Waals surface area contributed by atoms with Crippen molar-refractivity contribution < 1.29 is 4.79 Å². The number of carbonyl (C=O) groups excluding carboxylic acids is 1. The van der Waals surface area contributed by atoms with Crippen molar-refractivity contribution in [2.45, 2.75) is 37.5 Å². The third kappa shape index (κ3) is 4.39. The van der Waals surface area contributed by atoms with E-state index in [0.717, 1.165) is 23.7 Å². The first-order chi connectivity index (χ1) is 13.2. The zero-order valence-corrected chi connectivity index (χ0v) is 16.1. The van der Waals surface area contributed by atoms with Gasteiger partial charge >= 0.3 is 0 Å². The maximum absolute atomic E-state index is 12.9. The maximum atomic E-state index is 12.9. The molecule has 1 aliphatic carbocycles. The second kappa shape index (κ2) is 7.96. The summed E-state index contributed by atoms with van der Waals surface area (Å²) in [5.41, 5.74) is 3.38. The van der Waals surface area contributed by atoms with E-state index in [-0.39, 0.29) is 5.91 Å². The SMILES string of the molecule is Cc1ccc(-n2cnnc2SCC(=O)N(Cc2ccccc2)C2CC2)cc1. The monoisotopic (exact) mass is 378 g/mol. The molecule has 0 saturated heterocycles. The van der Waals surface area contributed by atoms with Crippen molar-refractivity contribution >= 4 is 17.7 Å². The number of rotatable bonds is 7. The molecule has 0 atom stereocenters. The van der Waals surface area contributed by atoms with E-state index in [1.165, 1.54) is 22.9 Å². The molecule has 1 heterocycles. The smallest absolute Gasteiger partial charge is 0.233 e. The molecule has 0 aliphatic heterocycles. The lowest BCUT2D eigenvalue weighted by Gasteiger charge is -2.22. The molecule has 0 N–H and O–H groups in total. The van der Waals surface area contributed by atoms with Gasteiger partial charge in [0, 0.05) is 18.3 Å². The fourth-order valence-electron chi connectivity index (χ4n) is 3.00. The normalized spacial score (nSPS) is 13.5. The first kappa shape index (κ1) is 17.8. The summed E-state index contributed by atoms with van der Waals surface area (Å²) in [6.07, 6.45) is 3.89. The molecule has 5 nitrogen and oxygen atoms in total. The summed E-state index contributed by atoms with van der Waals surface area (Å²) < 4.78 is 1.93. The summed E-state index contributed by atoms with van der Waals surface area (Å²) in [4.78, 5) is 14.9. The molecule has 6 heteroatoms. The van der Waals surface area contributed by atoms with Crippen molar-refractivity contribution in [1.29, 1.82) is 0 Å². The number of thioether (sulfide) groups is 1. The number of benzene rings is 2. The topological polar surface area (TPSA) is 51.0 Å². The third-order valence-electron chi connectivity index (χ3n) is 4.66. The molecule has 0 bridgehead atoms. The first-order valence-corrected chi connectivity index (χ1v) is 10.1. The van der Waals surface area contributed by atoms with E-state index in [1.54, 1.807) is 6.33 Å². The third-order valence-corrected chi connectivity index (χ3v) is 5.58. The molecule has 1 aromatic heterocycles. The van der Waals surface area contributed by atoms with Crippen LogP contribution < -0.4 is 0 Å². The highest BCUT2D eigenvalue weighted by Gasteiger charge is 2.32. The van der Waals surface area contributed by atoms with Crippen molar-refractivity contribution in [2.24, 2.45) is 0 Å². The number of carbonyl (C=O) groups is 1. The van der Waals surface area contributed by atoms with E-state index in [9.17, 15) is 4.79 Å². The summed E-state index contributed by atoms with van der Waals surface area (Å²) in [6, 6.07) is 18.8. The molecule has 0 unspecified atom stereocenters.